The normalized spacial score (nSPS) is 33.4. The zero-order valence-corrected chi connectivity index (χ0v) is 28.4. The number of hydrogen-bond donors (Lipinski definition) is 1. The Balaban J connectivity index is 1.03. The van der Waals surface area contributed by atoms with E-state index < -0.39 is 24.2 Å². The fourth-order valence-electron chi connectivity index (χ4n) is 9.39. The Morgan fingerprint density at radius 1 is 0.898 bits per heavy atom. The molecule has 6 aliphatic rings. The molecule has 9 nitrogen and oxygen atoms in total. The number of morpholine rings is 2. The lowest BCUT2D eigenvalue weighted by Gasteiger charge is -2.60. The molecule has 2 aromatic rings. The third-order valence-electron chi connectivity index (χ3n) is 12.0. The Morgan fingerprint density at radius 3 is 2.39 bits per heavy atom. The van der Waals surface area contributed by atoms with Crippen LogP contribution >= 0.6 is 0 Å². The number of para-hydroxylation sites is 1. The van der Waals surface area contributed by atoms with Gasteiger partial charge in [0.1, 0.15) is 6.17 Å². The lowest BCUT2D eigenvalue weighted by molar-refractivity contribution is -0.199. The Kier molecular flexibility index (Phi) is 9.73. The molecule has 0 aromatic heterocycles. The molecule has 2 aromatic carbocycles. The van der Waals surface area contributed by atoms with Crippen LogP contribution in [0.2, 0.25) is 0 Å². The van der Waals surface area contributed by atoms with Gasteiger partial charge in [0.25, 0.3) is 5.91 Å². The van der Waals surface area contributed by atoms with E-state index >= 15 is 4.39 Å². The van der Waals surface area contributed by atoms with Crippen LogP contribution in [-0.2, 0) is 19.1 Å². The molecule has 8 unspecified atom stereocenters. The largest absolute Gasteiger partial charge is 0.379 e. The van der Waals surface area contributed by atoms with Crippen LogP contribution in [0.25, 0.3) is 0 Å². The van der Waals surface area contributed by atoms with E-state index in [2.05, 4.69) is 56.4 Å². The number of alkyl halides is 1. The number of nitrogens with zero attached hydrogens (tertiary/aromatic N) is 4. The van der Waals surface area contributed by atoms with E-state index in [9.17, 15) is 9.59 Å². The molecule has 0 spiro atoms. The first-order valence-electron chi connectivity index (χ1n) is 18.6. The highest BCUT2D eigenvalue weighted by Crippen LogP contribution is 2.48. The topological polar surface area (TPSA) is 77.6 Å². The molecule has 5 fully saturated rings. The Hall–Kier alpha value is -3.31. The summed E-state index contributed by atoms with van der Waals surface area (Å²) in [5, 5.41) is 3.55. The molecule has 8 rings (SSSR count). The molecule has 49 heavy (non-hydrogen) atoms. The molecule has 2 aliphatic carbocycles. The lowest BCUT2D eigenvalue weighted by Crippen LogP contribution is -2.73. The summed E-state index contributed by atoms with van der Waals surface area (Å²) in [6, 6.07) is 20.1. The first-order chi connectivity index (χ1) is 24.0. The smallest absolute Gasteiger partial charge is 0.259 e. The molecule has 8 atom stereocenters. The van der Waals surface area contributed by atoms with Crippen molar-refractivity contribution >= 4 is 17.4 Å². The van der Waals surface area contributed by atoms with Crippen LogP contribution in [0.5, 0.6) is 0 Å². The summed E-state index contributed by atoms with van der Waals surface area (Å²) in [5.41, 5.74) is 2.68. The number of carbonyl (C=O) groups is 2. The third-order valence-corrected chi connectivity index (χ3v) is 12.0. The van der Waals surface area contributed by atoms with E-state index in [1.807, 2.05) is 35.4 Å². The number of ether oxygens (including phenoxy) is 2. The van der Waals surface area contributed by atoms with Gasteiger partial charge in [-0.25, -0.2) is 4.39 Å². The number of halogens is 1. The van der Waals surface area contributed by atoms with E-state index in [1.54, 1.807) is 0 Å². The van der Waals surface area contributed by atoms with E-state index in [4.69, 9.17) is 9.47 Å². The minimum atomic E-state index is -1.23. The van der Waals surface area contributed by atoms with Crippen molar-refractivity contribution in [2.75, 3.05) is 70.5 Å². The number of ketones is 1. The molecular weight excluding hydrogens is 621 g/mol. The fraction of sp³-hybridized carbons (Fsp3) is 0.590. The van der Waals surface area contributed by atoms with Crippen molar-refractivity contribution in [2.24, 2.45) is 5.92 Å². The van der Waals surface area contributed by atoms with Crippen LogP contribution in [0.1, 0.15) is 43.6 Å². The predicted molar refractivity (Wildman–Crippen MR) is 186 cm³/mol. The first-order valence-corrected chi connectivity index (χ1v) is 18.6. The van der Waals surface area contributed by atoms with E-state index in [0.29, 0.717) is 38.6 Å². The standard InChI is InChI=1S/C39H50FN5O4/c40-32-25-30-36-38(35(32)41-14-7-15-42-20-22-48-23-21-42)49-34-13-12-28(27-8-3-1-4-9-27)24-33(34)45(36)26-31(37(30)46)39(47)44-18-16-43(17-19-44)29-10-5-2-6-11-29/h1-6,8-11,26,28,30,32-36,38,41H,7,12-25H2. The zero-order chi connectivity index (χ0) is 33.3. The van der Waals surface area contributed by atoms with E-state index in [1.165, 1.54) is 5.56 Å². The number of anilines is 1. The zero-order valence-electron chi connectivity index (χ0n) is 28.4. The number of carbonyl (C=O) groups excluding carboxylic acids is 2. The quantitative estimate of drug-likeness (QED) is 0.337. The molecule has 3 saturated heterocycles. The van der Waals surface area contributed by atoms with Crippen LogP contribution in [0.3, 0.4) is 0 Å². The number of Topliss-reactive ketones (excluding diaryl/α,β-unsaturated/α-hetero) is 1. The average Bonchev–Trinajstić information content (AvgIpc) is 3.16. The van der Waals surface area contributed by atoms with Crippen molar-refractivity contribution in [1.82, 2.24) is 20.0 Å². The van der Waals surface area contributed by atoms with E-state index in [0.717, 1.165) is 64.2 Å². The van der Waals surface area contributed by atoms with Gasteiger partial charge in [-0.3, -0.25) is 14.5 Å². The second-order valence-electron chi connectivity index (χ2n) is 14.7. The van der Waals surface area contributed by atoms with Gasteiger partial charge in [0, 0.05) is 57.1 Å². The summed E-state index contributed by atoms with van der Waals surface area (Å²) in [5.74, 6) is -0.680. The van der Waals surface area contributed by atoms with Gasteiger partial charge in [-0.05, 0) is 68.8 Å². The number of fused-ring (bicyclic) bond motifs is 2. The van der Waals surface area contributed by atoms with Crippen LogP contribution in [-0.4, -0.2) is 128 Å². The van der Waals surface area contributed by atoms with Gasteiger partial charge in [-0.15, -0.1) is 0 Å². The van der Waals surface area contributed by atoms with Crippen molar-refractivity contribution in [3.63, 3.8) is 0 Å². The third kappa shape index (κ3) is 6.65. The number of hydrogen-bond acceptors (Lipinski definition) is 8. The van der Waals surface area contributed by atoms with Crippen molar-refractivity contribution in [2.45, 2.75) is 74.5 Å². The van der Waals surface area contributed by atoms with Crippen LogP contribution < -0.4 is 10.2 Å². The van der Waals surface area contributed by atoms with E-state index in [-0.39, 0.29) is 41.9 Å². The summed E-state index contributed by atoms with van der Waals surface area (Å²) in [6.45, 7) is 7.53. The summed E-state index contributed by atoms with van der Waals surface area (Å²) < 4.78 is 28.7. The molecular formula is C39H50FN5O4. The highest BCUT2D eigenvalue weighted by Gasteiger charge is 2.59. The first kappa shape index (κ1) is 32.9. The van der Waals surface area contributed by atoms with Gasteiger partial charge in [-0.2, -0.15) is 0 Å². The Morgan fingerprint density at radius 2 is 1.63 bits per heavy atom. The fourth-order valence-corrected chi connectivity index (χ4v) is 9.39. The molecule has 4 aliphatic heterocycles. The summed E-state index contributed by atoms with van der Waals surface area (Å²) >= 11 is 0. The lowest BCUT2D eigenvalue weighted by atomic mass is 9.68. The Labute approximate surface area is 289 Å². The van der Waals surface area contributed by atoms with Gasteiger partial charge in [0.05, 0.1) is 49.1 Å². The minimum Gasteiger partial charge on any atom is -0.379 e. The average molecular weight is 672 g/mol. The molecule has 262 valence electrons. The predicted octanol–water partition coefficient (Wildman–Crippen LogP) is 3.61. The maximum absolute atomic E-state index is 16.3. The molecule has 0 bridgehead atoms. The maximum Gasteiger partial charge on any atom is 0.259 e. The number of benzene rings is 2. The summed E-state index contributed by atoms with van der Waals surface area (Å²) in [4.78, 5) is 37.3. The summed E-state index contributed by atoms with van der Waals surface area (Å²) in [6.07, 6.45) is 3.85. The number of nitrogens with one attached hydrogen (secondary N) is 1. The second-order valence-corrected chi connectivity index (χ2v) is 14.7. The highest BCUT2D eigenvalue weighted by molar-refractivity contribution is 6.20. The monoisotopic (exact) mass is 671 g/mol. The minimum absolute atomic E-state index is 0.0201. The van der Waals surface area contributed by atoms with Crippen molar-refractivity contribution in [3.05, 3.63) is 78.0 Å². The molecule has 10 heteroatoms. The number of rotatable bonds is 8. The molecule has 4 heterocycles. The Bertz CT molecular complexity index is 1480. The SMILES string of the molecule is O=C1C(C(=O)N2CCN(c3ccccc3)CC2)=CN2C3CC(c4ccccc4)CCC3OC3C(NCCCN4CCOCC4)C(F)CC1C32. The van der Waals surface area contributed by atoms with Crippen molar-refractivity contribution in [1.29, 1.82) is 0 Å². The molecule has 1 amide bonds. The van der Waals surface area contributed by atoms with Gasteiger partial charge < -0.3 is 29.5 Å². The van der Waals surface area contributed by atoms with Gasteiger partial charge in [0.2, 0.25) is 0 Å². The van der Waals surface area contributed by atoms with Gasteiger partial charge >= 0.3 is 0 Å². The van der Waals surface area contributed by atoms with Crippen LogP contribution in [0.4, 0.5) is 10.1 Å². The molecule has 2 saturated carbocycles. The maximum atomic E-state index is 16.3. The van der Waals surface area contributed by atoms with Crippen LogP contribution in [0.15, 0.2) is 72.4 Å². The summed E-state index contributed by atoms with van der Waals surface area (Å²) in [7, 11) is 0. The highest BCUT2D eigenvalue weighted by atomic mass is 19.1. The van der Waals surface area contributed by atoms with Gasteiger partial charge in [0.15, 0.2) is 5.78 Å². The van der Waals surface area contributed by atoms with Gasteiger partial charge in [-0.1, -0.05) is 48.5 Å². The molecule has 1 N–H and O–H groups in total. The molecule has 0 radical (unpaired) electrons. The van der Waals surface area contributed by atoms with Crippen LogP contribution in [0, 0.1) is 5.92 Å². The number of piperazine rings is 1. The second kappa shape index (κ2) is 14.5. The van der Waals surface area contributed by atoms with Crippen molar-refractivity contribution in [3.8, 4) is 0 Å². The number of amides is 1. The van der Waals surface area contributed by atoms with Crippen molar-refractivity contribution < 1.29 is 23.5 Å².